The zero-order chi connectivity index (χ0) is 23.2. The molecule has 0 unspecified atom stereocenters. The molecule has 0 saturated heterocycles. The lowest BCUT2D eigenvalue weighted by atomic mass is 9.96. The minimum atomic E-state index is -2.50. The summed E-state index contributed by atoms with van der Waals surface area (Å²) in [6.07, 6.45) is 1.69. The number of rotatable bonds is 8. The molecule has 0 aliphatic rings. The van der Waals surface area contributed by atoms with E-state index in [2.05, 4.69) is 5.10 Å². The molecule has 0 N–H and O–H groups in total. The predicted molar refractivity (Wildman–Crippen MR) is 130 cm³/mol. The first-order valence-corrected chi connectivity index (χ1v) is 12.0. The fourth-order valence-electron chi connectivity index (χ4n) is 3.70. The van der Waals surface area contributed by atoms with Crippen molar-refractivity contribution in [2.75, 3.05) is 6.61 Å². The summed E-state index contributed by atoms with van der Waals surface area (Å²) in [5.74, 6) is 0.664. The molecule has 33 heavy (non-hydrogen) atoms. The lowest BCUT2D eigenvalue weighted by molar-refractivity contribution is 0.340. The van der Waals surface area contributed by atoms with E-state index in [0.717, 1.165) is 16.7 Å². The summed E-state index contributed by atoms with van der Waals surface area (Å²) in [5.41, 5.74) is 4.17. The Morgan fingerprint density at radius 3 is 2.33 bits per heavy atom. The molecule has 0 fully saturated rings. The van der Waals surface area contributed by atoms with Gasteiger partial charge in [0.05, 0.1) is 30.7 Å². The molecular formula is C26H24N2O4S. The fourth-order valence-corrected chi connectivity index (χ4v) is 4.21. The topological polar surface area (TPSA) is 78.3 Å². The first kappa shape index (κ1) is 22.5. The van der Waals surface area contributed by atoms with Crippen LogP contribution in [0.4, 0.5) is 0 Å². The summed E-state index contributed by atoms with van der Waals surface area (Å²) >= 11 is 0. The molecule has 0 spiro atoms. The lowest BCUT2D eigenvalue weighted by Gasteiger charge is -2.14. The lowest BCUT2D eigenvalue weighted by Crippen LogP contribution is -2.25. The van der Waals surface area contributed by atoms with Crippen molar-refractivity contribution in [1.82, 2.24) is 9.78 Å². The van der Waals surface area contributed by atoms with Crippen molar-refractivity contribution in [2.45, 2.75) is 19.2 Å². The third-order valence-corrected chi connectivity index (χ3v) is 5.85. The average Bonchev–Trinajstić information content (AvgIpc) is 2.81. The molecule has 0 aliphatic heterocycles. The van der Waals surface area contributed by atoms with Gasteiger partial charge in [-0.05, 0) is 41.3 Å². The third-order valence-electron chi connectivity index (χ3n) is 5.23. The zero-order valence-corrected chi connectivity index (χ0v) is 19.1. The number of hydrogen-bond donors (Lipinski definition) is 1. The number of hydrogen-bond acceptors (Lipinski definition) is 5. The molecule has 6 nitrogen and oxygen atoms in total. The number of aromatic nitrogens is 2. The average molecular weight is 461 g/mol. The highest BCUT2D eigenvalue weighted by Crippen LogP contribution is 2.31. The van der Waals surface area contributed by atoms with Crippen LogP contribution in [0.1, 0.15) is 18.1 Å². The maximum absolute atomic E-state index is 13.6. The van der Waals surface area contributed by atoms with Gasteiger partial charge < -0.3 is 4.74 Å². The van der Waals surface area contributed by atoms with Crippen molar-refractivity contribution < 1.29 is 13.2 Å². The van der Waals surface area contributed by atoms with Gasteiger partial charge in [-0.1, -0.05) is 66.7 Å². The smallest absolute Gasteiger partial charge is 0.275 e. The monoisotopic (exact) mass is 460 g/mol. The Morgan fingerprint density at radius 2 is 1.64 bits per heavy atom. The van der Waals surface area contributed by atoms with Crippen molar-refractivity contribution in [1.29, 1.82) is 0 Å². The molecule has 0 saturated carbocycles. The number of benzene rings is 3. The predicted octanol–water partition coefficient (Wildman–Crippen LogP) is 4.14. The quantitative estimate of drug-likeness (QED) is 0.400. The van der Waals surface area contributed by atoms with Gasteiger partial charge >= 0.3 is 0 Å². The molecule has 3 aromatic carbocycles. The van der Waals surface area contributed by atoms with E-state index in [0.29, 0.717) is 35.6 Å². The van der Waals surface area contributed by atoms with Crippen LogP contribution in [0.3, 0.4) is 0 Å². The van der Waals surface area contributed by atoms with E-state index >= 15 is 0 Å². The Labute approximate surface area is 194 Å². The second kappa shape index (κ2) is 10.3. The molecule has 1 heterocycles. The first-order valence-electron chi connectivity index (χ1n) is 10.6. The van der Waals surface area contributed by atoms with Crippen LogP contribution in [0.2, 0.25) is 0 Å². The highest BCUT2D eigenvalue weighted by atomic mass is 32.2. The molecule has 0 aliphatic carbocycles. The Hall–Kier alpha value is -3.71. The van der Waals surface area contributed by atoms with Gasteiger partial charge in [-0.2, -0.15) is 5.10 Å². The normalized spacial score (nSPS) is 11.0. The van der Waals surface area contributed by atoms with Gasteiger partial charge in [0.1, 0.15) is 16.5 Å². The highest BCUT2D eigenvalue weighted by molar-refractivity contribution is 7.71. The van der Waals surface area contributed by atoms with Crippen LogP contribution in [0.25, 0.3) is 22.3 Å². The number of ether oxygens (including phenoxy) is 1. The van der Waals surface area contributed by atoms with E-state index in [9.17, 15) is 13.2 Å². The molecule has 4 rings (SSSR count). The third kappa shape index (κ3) is 5.38. The second-order valence-electron chi connectivity index (χ2n) is 7.53. The molecule has 0 amide bonds. The minimum Gasteiger partial charge on any atom is -0.494 e. The van der Waals surface area contributed by atoms with Gasteiger partial charge in [-0.25, -0.2) is 13.1 Å². The fraction of sp³-hybridized carbons (Fsp3) is 0.154. The van der Waals surface area contributed by atoms with Gasteiger partial charge in [0.2, 0.25) is 0 Å². The van der Waals surface area contributed by atoms with Crippen LogP contribution in [-0.4, -0.2) is 24.8 Å². The van der Waals surface area contributed by atoms with Crippen molar-refractivity contribution in [3.05, 3.63) is 107 Å². The summed E-state index contributed by atoms with van der Waals surface area (Å²) in [5, 5.41) is 4.44. The number of thiol groups is 1. The highest BCUT2D eigenvalue weighted by Gasteiger charge is 2.16. The zero-order valence-electron chi connectivity index (χ0n) is 18.2. The maximum Gasteiger partial charge on any atom is 0.275 e. The van der Waals surface area contributed by atoms with E-state index in [-0.39, 0.29) is 11.3 Å². The van der Waals surface area contributed by atoms with E-state index < -0.39 is 10.7 Å². The van der Waals surface area contributed by atoms with Crippen molar-refractivity contribution >= 4 is 10.7 Å². The van der Waals surface area contributed by atoms with E-state index in [4.69, 9.17) is 4.74 Å². The van der Waals surface area contributed by atoms with Crippen LogP contribution in [-0.2, 0) is 23.0 Å². The summed E-state index contributed by atoms with van der Waals surface area (Å²) in [6, 6.07) is 24.3. The van der Waals surface area contributed by atoms with Gasteiger partial charge in [-0.15, -0.1) is 0 Å². The van der Waals surface area contributed by atoms with Crippen LogP contribution >= 0.6 is 0 Å². The van der Waals surface area contributed by atoms with E-state index in [1.54, 1.807) is 18.3 Å². The molecule has 0 radical (unpaired) electrons. The summed E-state index contributed by atoms with van der Waals surface area (Å²) in [4.78, 5) is 13.6. The summed E-state index contributed by atoms with van der Waals surface area (Å²) in [6.45, 7) is 2.79. The molecule has 0 atom stereocenters. The molecule has 7 heteroatoms. The Morgan fingerprint density at radius 1 is 0.879 bits per heavy atom. The van der Waals surface area contributed by atoms with Crippen LogP contribution in [0.15, 0.2) is 89.9 Å². The largest absolute Gasteiger partial charge is 0.494 e. The molecule has 168 valence electrons. The van der Waals surface area contributed by atoms with E-state index in [1.807, 2.05) is 73.7 Å². The standard InChI is InChI=1S/C26H24N2O4S/c1-2-32-23-10-6-9-22(15-23)25-24(21-13-11-20(12-14-21)18-33(30)31)16-27-28(26(25)29)17-19-7-4-3-5-8-19/h3-16,33H,2,17-18H2,1H3. The minimum absolute atomic E-state index is 0.0181. The van der Waals surface area contributed by atoms with Gasteiger partial charge in [0, 0.05) is 5.56 Å². The van der Waals surface area contributed by atoms with E-state index in [1.165, 1.54) is 4.68 Å². The molecule has 4 aromatic rings. The van der Waals surface area contributed by atoms with Gasteiger partial charge in [-0.3, -0.25) is 4.79 Å². The SMILES string of the molecule is CCOc1cccc(-c2c(-c3ccc(C[SH](=O)=O)cc3)cnn(Cc3ccccc3)c2=O)c1. The number of nitrogens with zero attached hydrogens (tertiary/aromatic N) is 2. The summed E-state index contributed by atoms with van der Waals surface area (Å²) in [7, 11) is -2.50. The molecular weight excluding hydrogens is 436 g/mol. The van der Waals surface area contributed by atoms with Gasteiger partial charge in [0.15, 0.2) is 0 Å². The Kier molecular flexibility index (Phi) is 7.00. The van der Waals surface area contributed by atoms with Crippen LogP contribution in [0, 0.1) is 0 Å². The van der Waals surface area contributed by atoms with Crippen molar-refractivity contribution in [2.24, 2.45) is 0 Å². The Bertz CT molecular complexity index is 1370. The first-order chi connectivity index (χ1) is 16.0. The maximum atomic E-state index is 13.6. The van der Waals surface area contributed by atoms with Gasteiger partial charge in [0.25, 0.3) is 5.56 Å². The van der Waals surface area contributed by atoms with Crippen molar-refractivity contribution in [3.8, 4) is 28.0 Å². The van der Waals surface area contributed by atoms with Crippen LogP contribution < -0.4 is 10.3 Å². The second-order valence-corrected chi connectivity index (χ2v) is 8.51. The Balaban J connectivity index is 1.84. The van der Waals surface area contributed by atoms with Crippen molar-refractivity contribution in [3.63, 3.8) is 0 Å². The molecule has 1 aromatic heterocycles. The summed E-state index contributed by atoms with van der Waals surface area (Å²) < 4.78 is 29.2. The van der Waals surface area contributed by atoms with Crippen LogP contribution in [0.5, 0.6) is 5.75 Å². The molecule has 0 bridgehead atoms.